The smallest absolute Gasteiger partial charge is 0.307 e. The van der Waals surface area contributed by atoms with E-state index in [-0.39, 0.29) is 12.5 Å². The Hall–Kier alpha value is -0.610. The molecular weight excluding hydrogens is 182 g/mol. The largest absolute Gasteiger partial charge is 0.481 e. The molecule has 0 radical (unpaired) electrons. The van der Waals surface area contributed by atoms with Gasteiger partial charge in [0.25, 0.3) is 0 Å². The third-order valence-corrected chi connectivity index (χ3v) is 2.20. The number of carboxylic acid groups (broad SMARTS) is 1. The first-order chi connectivity index (χ1) is 6.61. The number of rotatable bonds is 8. The average Bonchev–Trinajstić information content (AvgIpc) is 2.14. The van der Waals surface area contributed by atoms with Crippen molar-refractivity contribution in [3.05, 3.63) is 0 Å². The van der Waals surface area contributed by atoms with Gasteiger partial charge in [0.1, 0.15) is 0 Å². The van der Waals surface area contributed by atoms with Gasteiger partial charge in [0.15, 0.2) is 0 Å². The van der Waals surface area contributed by atoms with E-state index in [2.05, 4.69) is 6.92 Å². The molecule has 0 saturated heterocycles. The van der Waals surface area contributed by atoms with E-state index >= 15 is 0 Å². The first-order valence-electron chi connectivity index (χ1n) is 5.17. The lowest BCUT2D eigenvalue weighted by atomic mass is 10.1. The van der Waals surface area contributed by atoms with Crippen molar-refractivity contribution in [1.29, 1.82) is 0 Å². The predicted octanol–water partition coefficient (Wildman–Crippen LogP) is 0.802. The quantitative estimate of drug-likeness (QED) is 0.612. The van der Waals surface area contributed by atoms with Gasteiger partial charge in [-0.2, -0.15) is 0 Å². The van der Waals surface area contributed by atoms with E-state index in [1.165, 1.54) is 0 Å². The van der Waals surface area contributed by atoms with E-state index in [1.54, 1.807) is 6.92 Å². The van der Waals surface area contributed by atoms with Gasteiger partial charge in [-0.25, -0.2) is 0 Å². The van der Waals surface area contributed by atoms with Crippen LogP contribution in [-0.2, 0) is 4.79 Å². The van der Waals surface area contributed by atoms with E-state index in [9.17, 15) is 4.79 Å². The third-order valence-electron chi connectivity index (χ3n) is 2.20. The van der Waals surface area contributed by atoms with E-state index in [0.29, 0.717) is 13.1 Å². The van der Waals surface area contributed by atoms with E-state index in [1.807, 2.05) is 4.90 Å². The molecule has 4 nitrogen and oxygen atoms in total. The van der Waals surface area contributed by atoms with Crippen molar-refractivity contribution in [2.75, 3.05) is 26.2 Å². The van der Waals surface area contributed by atoms with Crippen LogP contribution in [0.5, 0.6) is 0 Å². The second kappa shape index (κ2) is 7.76. The SMILES string of the molecule is CCCCN(CCO)CC(C)C(=O)O. The van der Waals surface area contributed by atoms with Crippen LogP contribution in [0.3, 0.4) is 0 Å². The van der Waals surface area contributed by atoms with Crippen molar-refractivity contribution in [3.63, 3.8) is 0 Å². The van der Waals surface area contributed by atoms with Gasteiger partial charge in [0, 0.05) is 13.1 Å². The molecule has 1 atom stereocenters. The second-order valence-electron chi connectivity index (χ2n) is 3.62. The van der Waals surface area contributed by atoms with Gasteiger partial charge in [0.05, 0.1) is 12.5 Å². The summed E-state index contributed by atoms with van der Waals surface area (Å²) in [6, 6.07) is 0. The number of carbonyl (C=O) groups is 1. The molecule has 84 valence electrons. The molecule has 0 bridgehead atoms. The van der Waals surface area contributed by atoms with Crippen molar-refractivity contribution >= 4 is 5.97 Å². The van der Waals surface area contributed by atoms with E-state index < -0.39 is 5.97 Å². The molecule has 0 saturated carbocycles. The van der Waals surface area contributed by atoms with Crippen molar-refractivity contribution in [2.45, 2.75) is 26.7 Å². The maximum atomic E-state index is 10.6. The molecule has 2 N–H and O–H groups in total. The van der Waals surface area contributed by atoms with Gasteiger partial charge in [-0.15, -0.1) is 0 Å². The van der Waals surface area contributed by atoms with Crippen LogP contribution in [0.15, 0.2) is 0 Å². The number of carboxylic acids is 1. The van der Waals surface area contributed by atoms with Crippen LogP contribution in [0, 0.1) is 5.92 Å². The van der Waals surface area contributed by atoms with Crippen LogP contribution in [0.25, 0.3) is 0 Å². The molecule has 0 spiro atoms. The molecule has 0 aromatic heterocycles. The molecular formula is C10H21NO3. The Kier molecular flexibility index (Phi) is 7.42. The summed E-state index contributed by atoms with van der Waals surface area (Å²) in [7, 11) is 0. The predicted molar refractivity (Wildman–Crippen MR) is 55.2 cm³/mol. The zero-order valence-electron chi connectivity index (χ0n) is 9.07. The zero-order valence-corrected chi connectivity index (χ0v) is 9.07. The van der Waals surface area contributed by atoms with Crippen LogP contribution in [0.2, 0.25) is 0 Å². The molecule has 0 aliphatic heterocycles. The Morgan fingerprint density at radius 2 is 2.07 bits per heavy atom. The number of nitrogens with zero attached hydrogens (tertiary/aromatic N) is 1. The van der Waals surface area contributed by atoms with Crippen LogP contribution in [0.4, 0.5) is 0 Å². The van der Waals surface area contributed by atoms with Gasteiger partial charge in [-0.1, -0.05) is 20.3 Å². The summed E-state index contributed by atoms with van der Waals surface area (Å²) in [5.74, 6) is -1.14. The number of unbranched alkanes of at least 4 members (excludes halogenated alkanes) is 1. The molecule has 0 amide bonds. The summed E-state index contributed by atoms with van der Waals surface area (Å²) in [6.45, 7) is 5.84. The maximum absolute atomic E-state index is 10.6. The summed E-state index contributed by atoms with van der Waals surface area (Å²) in [5, 5.41) is 17.5. The standard InChI is InChI=1S/C10H21NO3/c1-3-4-5-11(6-7-12)8-9(2)10(13)14/h9,12H,3-8H2,1-2H3,(H,13,14). The Balaban J connectivity index is 3.87. The minimum Gasteiger partial charge on any atom is -0.481 e. The van der Waals surface area contributed by atoms with Crippen LogP contribution in [0.1, 0.15) is 26.7 Å². The number of aliphatic hydroxyl groups excluding tert-OH is 1. The molecule has 0 aromatic rings. The monoisotopic (exact) mass is 203 g/mol. The first kappa shape index (κ1) is 13.4. The lowest BCUT2D eigenvalue weighted by Gasteiger charge is -2.22. The summed E-state index contributed by atoms with van der Waals surface area (Å²) >= 11 is 0. The van der Waals surface area contributed by atoms with Crippen molar-refractivity contribution in [1.82, 2.24) is 4.90 Å². The summed E-state index contributed by atoms with van der Waals surface area (Å²) in [6.07, 6.45) is 2.13. The first-order valence-corrected chi connectivity index (χ1v) is 5.17. The van der Waals surface area contributed by atoms with Crippen LogP contribution < -0.4 is 0 Å². The summed E-state index contributed by atoms with van der Waals surface area (Å²) in [5.41, 5.74) is 0. The summed E-state index contributed by atoms with van der Waals surface area (Å²) < 4.78 is 0. The summed E-state index contributed by atoms with van der Waals surface area (Å²) in [4.78, 5) is 12.6. The minimum absolute atomic E-state index is 0.0933. The molecule has 0 heterocycles. The Morgan fingerprint density at radius 1 is 1.43 bits per heavy atom. The fourth-order valence-corrected chi connectivity index (χ4v) is 1.28. The lowest BCUT2D eigenvalue weighted by Crippen LogP contribution is -2.34. The van der Waals surface area contributed by atoms with Crippen molar-refractivity contribution < 1.29 is 15.0 Å². The van der Waals surface area contributed by atoms with Crippen LogP contribution in [-0.4, -0.2) is 47.3 Å². The molecule has 0 fully saturated rings. The molecule has 4 heteroatoms. The number of hydrogen-bond donors (Lipinski definition) is 2. The molecule has 0 aliphatic carbocycles. The lowest BCUT2D eigenvalue weighted by molar-refractivity contribution is -0.141. The average molecular weight is 203 g/mol. The molecule has 1 unspecified atom stereocenters. The highest BCUT2D eigenvalue weighted by molar-refractivity contribution is 5.69. The fourth-order valence-electron chi connectivity index (χ4n) is 1.28. The highest BCUT2D eigenvalue weighted by atomic mass is 16.4. The Labute approximate surface area is 85.5 Å². The molecule has 14 heavy (non-hydrogen) atoms. The minimum atomic E-state index is -0.774. The van der Waals surface area contributed by atoms with Gasteiger partial charge in [-0.05, 0) is 13.0 Å². The normalized spacial score (nSPS) is 13.1. The fraction of sp³-hybridized carbons (Fsp3) is 0.900. The van der Waals surface area contributed by atoms with Crippen molar-refractivity contribution in [2.24, 2.45) is 5.92 Å². The topological polar surface area (TPSA) is 60.8 Å². The van der Waals surface area contributed by atoms with Gasteiger partial charge >= 0.3 is 5.97 Å². The van der Waals surface area contributed by atoms with E-state index in [0.717, 1.165) is 19.4 Å². The second-order valence-corrected chi connectivity index (χ2v) is 3.62. The third kappa shape index (κ3) is 5.94. The van der Waals surface area contributed by atoms with Crippen molar-refractivity contribution in [3.8, 4) is 0 Å². The molecule has 0 aromatic carbocycles. The van der Waals surface area contributed by atoms with Gasteiger partial charge in [-0.3, -0.25) is 4.79 Å². The number of hydrogen-bond acceptors (Lipinski definition) is 3. The van der Waals surface area contributed by atoms with Gasteiger partial charge < -0.3 is 15.1 Å². The zero-order chi connectivity index (χ0) is 11.0. The number of aliphatic carboxylic acids is 1. The highest BCUT2D eigenvalue weighted by Crippen LogP contribution is 2.02. The molecule has 0 rings (SSSR count). The Morgan fingerprint density at radius 3 is 2.50 bits per heavy atom. The highest BCUT2D eigenvalue weighted by Gasteiger charge is 2.15. The van der Waals surface area contributed by atoms with E-state index in [4.69, 9.17) is 10.2 Å². The van der Waals surface area contributed by atoms with Crippen LogP contribution >= 0.6 is 0 Å². The Bertz CT molecular complexity index is 161. The number of aliphatic hydroxyl groups is 1. The maximum Gasteiger partial charge on any atom is 0.307 e. The molecule has 0 aliphatic rings. The van der Waals surface area contributed by atoms with Gasteiger partial charge in [0.2, 0.25) is 0 Å².